The standard InChI is InChI=1S/C19H23NO5/c1-5-11(2)20-9-15-16(24-10-20)7-6-13-12(3)14(8-17(21)23-4)19(22)25-18(13)15/h6-7,11H,5,8-10H2,1-4H3. The molecule has 0 radical (unpaired) electrons. The zero-order valence-corrected chi connectivity index (χ0v) is 15.0. The van der Waals surface area contributed by atoms with Crippen LogP contribution < -0.4 is 10.4 Å². The molecule has 2 heterocycles. The maximum atomic E-state index is 12.4. The van der Waals surface area contributed by atoms with Gasteiger partial charge < -0.3 is 13.9 Å². The molecular formula is C19H23NO5. The Hall–Kier alpha value is -2.34. The number of hydrogen-bond acceptors (Lipinski definition) is 6. The topological polar surface area (TPSA) is 69.0 Å². The molecule has 6 nitrogen and oxygen atoms in total. The number of hydrogen-bond donors (Lipinski definition) is 0. The lowest BCUT2D eigenvalue weighted by atomic mass is 10.00. The molecule has 1 atom stereocenters. The SMILES string of the molecule is CCC(C)N1COc2ccc3c(C)c(CC(=O)OC)c(=O)oc3c2C1. The molecule has 2 aromatic rings. The molecular weight excluding hydrogens is 322 g/mol. The number of ether oxygens (including phenoxy) is 2. The molecule has 6 heteroatoms. The van der Waals surface area contributed by atoms with E-state index in [1.807, 2.05) is 19.1 Å². The summed E-state index contributed by atoms with van der Waals surface area (Å²) < 4.78 is 16.1. The second-order valence-corrected chi connectivity index (χ2v) is 6.44. The Morgan fingerprint density at radius 1 is 1.40 bits per heavy atom. The number of esters is 1. The molecule has 0 N–H and O–H groups in total. The largest absolute Gasteiger partial charge is 0.478 e. The summed E-state index contributed by atoms with van der Waals surface area (Å²) in [6.45, 7) is 7.31. The second kappa shape index (κ2) is 6.88. The minimum Gasteiger partial charge on any atom is -0.478 e. The summed E-state index contributed by atoms with van der Waals surface area (Å²) in [5, 5.41) is 0.826. The smallest absolute Gasteiger partial charge is 0.340 e. The fraction of sp³-hybridized carbons (Fsp3) is 0.474. The van der Waals surface area contributed by atoms with Crippen molar-refractivity contribution in [3.05, 3.63) is 39.2 Å². The second-order valence-electron chi connectivity index (χ2n) is 6.44. The van der Waals surface area contributed by atoms with Gasteiger partial charge in [-0.3, -0.25) is 9.69 Å². The van der Waals surface area contributed by atoms with E-state index in [1.165, 1.54) is 7.11 Å². The van der Waals surface area contributed by atoms with Crippen molar-refractivity contribution in [2.24, 2.45) is 0 Å². The molecule has 1 aromatic carbocycles. The van der Waals surface area contributed by atoms with E-state index in [1.54, 1.807) is 0 Å². The monoisotopic (exact) mass is 345 g/mol. The summed E-state index contributed by atoms with van der Waals surface area (Å²) in [7, 11) is 1.30. The van der Waals surface area contributed by atoms with Crippen LogP contribution in [0.2, 0.25) is 0 Å². The first-order valence-corrected chi connectivity index (χ1v) is 8.48. The lowest BCUT2D eigenvalue weighted by Crippen LogP contribution is -2.38. The van der Waals surface area contributed by atoms with Crippen LogP contribution in [-0.4, -0.2) is 30.8 Å². The number of carbonyl (C=O) groups excluding carboxylic acids is 1. The van der Waals surface area contributed by atoms with Crippen molar-refractivity contribution in [1.82, 2.24) is 4.90 Å². The van der Waals surface area contributed by atoms with Gasteiger partial charge in [-0.2, -0.15) is 0 Å². The van der Waals surface area contributed by atoms with Gasteiger partial charge in [-0.05, 0) is 38.0 Å². The molecule has 0 bridgehead atoms. The van der Waals surface area contributed by atoms with Crippen molar-refractivity contribution in [1.29, 1.82) is 0 Å². The van der Waals surface area contributed by atoms with Gasteiger partial charge in [0.1, 0.15) is 18.1 Å². The van der Waals surface area contributed by atoms with Crippen LogP contribution in [0.25, 0.3) is 11.0 Å². The van der Waals surface area contributed by atoms with E-state index in [2.05, 4.69) is 23.5 Å². The highest BCUT2D eigenvalue weighted by atomic mass is 16.5. The zero-order chi connectivity index (χ0) is 18.1. The lowest BCUT2D eigenvalue weighted by Gasteiger charge is -2.33. The molecule has 134 valence electrons. The number of methoxy groups -OCH3 is 1. The van der Waals surface area contributed by atoms with Crippen molar-refractivity contribution >= 4 is 16.9 Å². The van der Waals surface area contributed by atoms with Crippen molar-refractivity contribution < 1.29 is 18.7 Å². The molecule has 0 fully saturated rings. The van der Waals surface area contributed by atoms with Gasteiger partial charge in [0.15, 0.2) is 0 Å². The molecule has 1 aliphatic heterocycles. The van der Waals surface area contributed by atoms with Gasteiger partial charge in [0.25, 0.3) is 0 Å². The maximum absolute atomic E-state index is 12.4. The van der Waals surface area contributed by atoms with E-state index < -0.39 is 11.6 Å². The van der Waals surface area contributed by atoms with Gasteiger partial charge in [0, 0.05) is 18.0 Å². The third-order valence-corrected chi connectivity index (χ3v) is 5.03. The molecule has 0 saturated heterocycles. The number of aryl methyl sites for hydroxylation is 1. The fourth-order valence-corrected chi connectivity index (χ4v) is 3.14. The predicted molar refractivity (Wildman–Crippen MR) is 93.7 cm³/mol. The van der Waals surface area contributed by atoms with Crippen LogP contribution in [0.1, 0.15) is 37.0 Å². The van der Waals surface area contributed by atoms with Gasteiger partial charge in [0.05, 0.1) is 24.7 Å². The summed E-state index contributed by atoms with van der Waals surface area (Å²) >= 11 is 0. The quantitative estimate of drug-likeness (QED) is 0.627. The van der Waals surface area contributed by atoms with E-state index in [0.717, 1.165) is 28.7 Å². The van der Waals surface area contributed by atoms with Crippen LogP contribution >= 0.6 is 0 Å². The summed E-state index contributed by atoms with van der Waals surface area (Å²) in [5.41, 5.74) is 2.02. The van der Waals surface area contributed by atoms with Gasteiger partial charge in [-0.25, -0.2) is 4.79 Å². The minimum absolute atomic E-state index is 0.0901. The highest BCUT2D eigenvalue weighted by molar-refractivity contribution is 5.87. The van der Waals surface area contributed by atoms with Crippen molar-refractivity contribution in [3.8, 4) is 5.75 Å². The predicted octanol–water partition coefficient (Wildman–Crippen LogP) is 2.77. The average Bonchev–Trinajstić information content (AvgIpc) is 2.63. The van der Waals surface area contributed by atoms with Gasteiger partial charge in [-0.1, -0.05) is 6.92 Å². The highest BCUT2D eigenvalue weighted by Crippen LogP contribution is 2.34. The Bertz CT molecular complexity index is 870. The lowest BCUT2D eigenvalue weighted by molar-refractivity contribution is -0.139. The third kappa shape index (κ3) is 3.14. The maximum Gasteiger partial charge on any atom is 0.340 e. The summed E-state index contributed by atoms with van der Waals surface area (Å²) in [6.07, 6.45) is 0.920. The van der Waals surface area contributed by atoms with E-state index in [9.17, 15) is 9.59 Å². The Morgan fingerprint density at radius 3 is 2.84 bits per heavy atom. The number of fused-ring (bicyclic) bond motifs is 3. The number of rotatable bonds is 4. The Labute approximate surface area is 146 Å². The molecule has 0 aliphatic carbocycles. The van der Waals surface area contributed by atoms with Gasteiger partial charge in [0.2, 0.25) is 0 Å². The molecule has 1 unspecified atom stereocenters. The van der Waals surface area contributed by atoms with Crippen LogP contribution in [0.4, 0.5) is 0 Å². The molecule has 1 aromatic heterocycles. The summed E-state index contributed by atoms with van der Waals surface area (Å²) in [4.78, 5) is 26.2. The number of carbonyl (C=O) groups is 1. The van der Waals surface area contributed by atoms with Crippen LogP contribution in [0.3, 0.4) is 0 Å². The molecule has 1 aliphatic rings. The third-order valence-electron chi connectivity index (χ3n) is 5.03. The normalized spacial score (nSPS) is 15.5. The van der Waals surface area contributed by atoms with Gasteiger partial charge >= 0.3 is 11.6 Å². The summed E-state index contributed by atoms with van der Waals surface area (Å²) in [5.74, 6) is 0.286. The Kier molecular flexibility index (Phi) is 4.81. The number of nitrogens with zero attached hydrogens (tertiary/aromatic N) is 1. The fourth-order valence-electron chi connectivity index (χ4n) is 3.14. The molecule has 0 amide bonds. The first-order chi connectivity index (χ1) is 12.0. The van der Waals surface area contributed by atoms with Crippen molar-refractivity contribution in [3.63, 3.8) is 0 Å². The van der Waals surface area contributed by atoms with Crippen molar-refractivity contribution in [2.45, 2.75) is 46.2 Å². The summed E-state index contributed by atoms with van der Waals surface area (Å²) in [6, 6.07) is 4.15. The molecule has 0 saturated carbocycles. The van der Waals surface area contributed by atoms with Crippen LogP contribution in [-0.2, 0) is 22.5 Å². The highest BCUT2D eigenvalue weighted by Gasteiger charge is 2.25. The average molecular weight is 345 g/mol. The Balaban J connectivity index is 2.12. The van der Waals surface area contributed by atoms with E-state index >= 15 is 0 Å². The zero-order valence-electron chi connectivity index (χ0n) is 15.0. The van der Waals surface area contributed by atoms with E-state index in [-0.39, 0.29) is 6.42 Å². The minimum atomic E-state index is -0.496. The van der Waals surface area contributed by atoms with E-state index in [0.29, 0.717) is 30.5 Å². The van der Waals surface area contributed by atoms with Gasteiger partial charge in [-0.15, -0.1) is 0 Å². The Morgan fingerprint density at radius 2 is 2.16 bits per heavy atom. The van der Waals surface area contributed by atoms with Crippen molar-refractivity contribution in [2.75, 3.05) is 13.8 Å². The first kappa shape index (κ1) is 17.5. The molecule has 0 spiro atoms. The van der Waals surface area contributed by atoms with Crippen LogP contribution in [0, 0.1) is 6.92 Å². The molecule has 25 heavy (non-hydrogen) atoms. The van der Waals surface area contributed by atoms with E-state index in [4.69, 9.17) is 9.15 Å². The first-order valence-electron chi connectivity index (χ1n) is 8.48. The number of benzene rings is 1. The van der Waals surface area contributed by atoms with Crippen LogP contribution in [0.5, 0.6) is 5.75 Å². The van der Waals surface area contributed by atoms with Crippen LogP contribution in [0.15, 0.2) is 21.3 Å². The molecule has 3 rings (SSSR count).